The predicted molar refractivity (Wildman–Crippen MR) is 78.3 cm³/mol. The zero-order valence-corrected chi connectivity index (χ0v) is 13.4. The van der Waals surface area contributed by atoms with Crippen molar-refractivity contribution in [1.29, 1.82) is 0 Å². The molecule has 2 rings (SSSR count). The summed E-state index contributed by atoms with van der Waals surface area (Å²) in [5.41, 5.74) is 0. The minimum Gasteiger partial charge on any atom is -0.454 e. The van der Waals surface area contributed by atoms with E-state index in [9.17, 15) is 24.0 Å². The molecular formula is C15H20N2O7. The van der Waals surface area contributed by atoms with Crippen molar-refractivity contribution in [2.75, 3.05) is 19.8 Å². The minimum absolute atomic E-state index is 0.0976. The van der Waals surface area contributed by atoms with Crippen molar-refractivity contribution >= 4 is 29.8 Å². The third kappa shape index (κ3) is 4.09. The first kappa shape index (κ1) is 17.9. The maximum absolute atomic E-state index is 12.2. The van der Waals surface area contributed by atoms with Crippen LogP contribution in [0.5, 0.6) is 0 Å². The smallest absolute Gasteiger partial charge is 0.413 e. The van der Waals surface area contributed by atoms with Gasteiger partial charge in [0, 0.05) is 0 Å². The number of fused-ring (bicyclic) bond motifs is 1. The third-order valence-electron chi connectivity index (χ3n) is 4.10. The largest absolute Gasteiger partial charge is 0.454 e. The van der Waals surface area contributed by atoms with Crippen LogP contribution in [0.15, 0.2) is 0 Å². The zero-order valence-electron chi connectivity index (χ0n) is 13.4. The molecule has 24 heavy (non-hydrogen) atoms. The van der Waals surface area contributed by atoms with Gasteiger partial charge in [0.2, 0.25) is 11.8 Å². The lowest BCUT2D eigenvalue weighted by Gasteiger charge is -2.19. The highest BCUT2D eigenvalue weighted by Gasteiger charge is 2.48. The van der Waals surface area contributed by atoms with Gasteiger partial charge in [0.05, 0.1) is 18.4 Å². The van der Waals surface area contributed by atoms with E-state index in [1.165, 1.54) is 0 Å². The summed E-state index contributed by atoms with van der Waals surface area (Å²) in [7, 11) is 0. The summed E-state index contributed by atoms with van der Waals surface area (Å²) in [6.45, 7) is 0.463. The number of hydrogen-bond acceptors (Lipinski definition) is 7. The Bertz CT molecular complexity index is 536. The van der Waals surface area contributed by atoms with Crippen LogP contribution in [-0.2, 0) is 28.7 Å². The van der Waals surface area contributed by atoms with Gasteiger partial charge >= 0.3 is 12.1 Å². The topological polar surface area (TPSA) is 119 Å². The number of likely N-dealkylation sites (tertiary alicyclic amines) is 1. The molecule has 0 spiro atoms. The molecule has 2 fully saturated rings. The van der Waals surface area contributed by atoms with Crippen LogP contribution < -0.4 is 5.32 Å². The van der Waals surface area contributed by atoms with Crippen LogP contribution in [0.2, 0.25) is 0 Å². The van der Waals surface area contributed by atoms with E-state index in [2.05, 4.69) is 9.47 Å². The van der Waals surface area contributed by atoms with E-state index >= 15 is 0 Å². The van der Waals surface area contributed by atoms with Crippen molar-refractivity contribution in [3.05, 3.63) is 0 Å². The van der Waals surface area contributed by atoms with Gasteiger partial charge < -0.3 is 9.47 Å². The molecular weight excluding hydrogens is 320 g/mol. The van der Waals surface area contributed by atoms with Crippen molar-refractivity contribution in [1.82, 2.24) is 10.2 Å². The number of alkyl carbamates (subject to hydrolysis) is 1. The number of imide groups is 2. The quantitative estimate of drug-likeness (QED) is 0.551. The maximum atomic E-state index is 12.2. The molecule has 1 N–H and O–H groups in total. The second-order valence-electron chi connectivity index (χ2n) is 5.69. The van der Waals surface area contributed by atoms with Crippen LogP contribution >= 0.6 is 0 Å². The summed E-state index contributed by atoms with van der Waals surface area (Å²) in [5.74, 6) is -3.11. The van der Waals surface area contributed by atoms with E-state index < -0.39 is 31.1 Å². The number of hydrogen-bond donors (Lipinski definition) is 1. The third-order valence-corrected chi connectivity index (χ3v) is 4.10. The molecule has 1 heterocycles. The molecule has 0 unspecified atom stereocenters. The Morgan fingerprint density at radius 1 is 1.08 bits per heavy atom. The molecule has 1 aliphatic heterocycles. The van der Waals surface area contributed by atoms with E-state index in [0.29, 0.717) is 12.8 Å². The minimum atomic E-state index is -0.937. The molecule has 1 saturated heterocycles. The molecule has 0 aromatic heterocycles. The average molecular weight is 340 g/mol. The van der Waals surface area contributed by atoms with Gasteiger partial charge in [-0.25, -0.2) is 4.79 Å². The van der Waals surface area contributed by atoms with Crippen molar-refractivity contribution < 1.29 is 33.4 Å². The Morgan fingerprint density at radius 2 is 1.67 bits per heavy atom. The molecule has 2 aliphatic rings. The van der Waals surface area contributed by atoms with Crippen LogP contribution in [0.25, 0.3) is 0 Å². The fraction of sp³-hybridized carbons (Fsp3) is 0.667. The van der Waals surface area contributed by atoms with Crippen molar-refractivity contribution in [3.8, 4) is 0 Å². The van der Waals surface area contributed by atoms with E-state index in [4.69, 9.17) is 0 Å². The Balaban J connectivity index is 1.80. The van der Waals surface area contributed by atoms with Gasteiger partial charge in [0.1, 0.15) is 6.54 Å². The highest BCUT2D eigenvalue weighted by molar-refractivity contribution is 6.07. The first-order valence-corrected chi connectivity index (χ1v) is 7.91. The van der Waals surface area contributed by atoms with E-state index in [1.54, 1.807) is 6.92 Å². The summed E-state index contributed by atoms with van der Waals surface area (Å²) < 4.78 is 9.19. The Hall–Kier alpha value is -2.45. The molecule has 0 aromatic rings. The Labute approximate surface area is 138 Å². The van der Waals surface area contributed by atoms with Gasteiger partial charge in [0.15, 0.2) is 6.61 Å². The molecule has 9 nitrogen and oxygen atoms in total. The molecule has 0 radical (unpaired) electrons. The van der Waals surface area contributed by atoms with Crippen LogP contribution in [0.4, 0.5) is 4.79 Å². The van der Waals surface area contributed by atoms with E-state index in [1.807, 2.05) is 5.32 Å². The second-order valence-corrected chi connectivity index (χ2v) is 5.69. The molecule has 0 aromatic carbocycles. The van der Waals surface area contributed by atoms with E-state index in [-0.39, 0.29) is 30.3 Å². The summed E-state index contributed by atoms with van der Waals surface area (Å²) in [5, 5.41) is 1.86. The highest BCUT2D eigenvalue weighted by atomic mass is 16.6. The number of ether oxygens (including phenoxy) is 2. The van der Waals surface area contributed by atoms with Gasteiger partial charge in [-0.15, -0.1) is 0 Å². The Kier molecular flexibility index (Phi) is 5.88. The molecule has 9 heteroatoms. The lowest BCUT2D eigenvalue weighted by Crippen LogP contribution is -2.39. The van der Waals surface area contributed by atoms with Crippen LogP contribution in [0.1, 0.15) is 32.6 Å². The summed E-state index contributed by atoms with van der Waals surface area (Å²) in [6.07, 6.45) is 2.16. The fourth-order valence-corrected chi connectivity index (χ4v) is 3.02. The number of nitrogens with zero attached hydrogens (tertiary/aromatic N) is 1. The molecule has 1 aliphatic carbocycles. The van der Waals surface area contributed by atoms with Gasteiger partial charge in [-0.1, -0.05) is 12.8 Å². The second kappa shape index (κ2) is 7.89. The summed E-state index contributed by atoms with van der Waals surface area (Å²) in [4.78, 5) is 59.4. The summed E-state index contributed by atoms with van der Waals surface area (Å²) in [6, 6.07) is 0. The standard InChI is InChI=1S/C15H20N2O7/c1-2-23-15(22)16-11(18)8-24-12(19)7-17-13(20)9-5-3-4-6-10(9)14(17)21/h9-10H,2-8H2,1H3,(H,16,18,22)/t9-,10-/m1/s1. The number of nitrogens with one attached hydrogen (secondary N) is 1. The molecule has 1 saturated carbocycles. The summed E-state index contributed by atoms with van der Waals surface area (Å²) >= 11 is 0. The van der Waals surface area contributed by atoms with Crippen molar-refractivity contribution in [3.63, 3.8) is 0 Å². The lowest BCUT2D eigenvalue weighted by atomic mass is 9.81. The molecule has 4 amide bonds. The molecule has 132 valence electrons. The number of carbonyl (C=O) groups is 5. The normalized spacial score (nSPS) is 22.8. The van der Waals surface area contributed by atoms with Crippen LogP contribution in [-0.4, -0.2) is 54.4 Å². The van der Waals surface area contributed by atoms with Gasteiger partial charge in [0.25, 0.3) is 5.91 Å². The first-order chi connectivity index (χ1) is 11.4. The number of esters is 1. The maximum Gasteiger partial charge on any atom is 0.413 e. The molecule has 0 bridgehead atoms. The highest BCUT2D eigenvalue weighted by Crippen LogP contribution is 2.37. The lowest BCUT2D eigenvalue weighted by molar-refractivity contribution is -0.154. The number of rotatable bonds is 5. The monoisotopic (exact) mass is 340 g/mol. The van der Waals surface area contributed by atoms with Crippen LogP contribution in [0, 0.1) is 11.8 Å². The zero-order chi connectivity index (χ0) is 17.7. The van der Waals surface area contributed by atoms with Crippen molar-refractivity contribution in [2.45, 2.75) is 32.6 Å². The number of amides is 4. The molecule has 2 atom stereocenters. The fourth-order valence-electron chi connectivity index (χ4n) is 3.02. The van der Waals surface area contributed by atoms with Crippen molar-refractivity contribution in [2.24, 2.45) is 11.8 Å². The Morgan fingerprint density at radius 3 is 2.21 bits per heavy atom. The SMILES string of the molecule is CCOC(=O)NC(=O)COC(=O)CN1C(=O)[C@@H]2CCCC[C@H]2C1=O. The predicted octanol–water partition coefficient (Wildman–Crippen LogP) is -0.0225. The van der Waals surface area contributed by atoms with E-state index in [0.717, 1.165) is 17.7 Å². The van der Waals surface area contributed by atoms with Gasteiger partial charge in [-0.2, -0.15) is 0 Å². The average Bonchev–Trinajstić information content (AvgIpc) is 2.79. The first-order valence-electron chi connectivity index (χ1n) is 7.91. The number of carbonyl (C=O) groups excluding carboxylic acids is 5. The van der Waals surface area contributed by atoms with Gasteiger partial charge in [-0.05, 0) is 19.8 Å². The van der Waals surface area contributed by atoms with Gasteiger partial charge in [-0.3, -0.25) is 29.4 Å². The van der Waals surface area contributed by atoms with Crippen LogP contribution in [0.3, 0.4) is 0 Å².